The minimum Gasteiger partial charge on any atom is -0.305 e. The van der Waals surface area contributed by atoms with Crippen LogP contribution in [0.4, 0.5) is 24.4 Å². The van der Waals surface area contributed by atoms with E-state index in [1.807, 2.05) is 26.0 Å². The van der Waals surface area contributed by atoms with E-state index in [2.05, 4.69) is 15.6 Å². The number of nitrogens with zero attached hydrogens (tertiary/aromatic N) is 1. The lowest BCUT2D eigenvalue weighted by Crippen LogP contribution is -2.20. The molecule has 7 heteroatoms. The van der Waals surface area contributed by atoms with Crippen LogP contribution in [0.2, 0.25) is 0 Å². The van der Waals surface area contributed by atoms with Gasteiger partial charge in [-0.2, -0.15) is 0 Å². The molecule has 3 rings (SSSR count). The number of thiazole rings is 1. The molecular weight excluding hydrogens is 320 g/mol. The summed E-state index contributed by atoms with van der Waals surface area (Å²) in [5.41, 5.74) is 2.86. The number of hydrogen-bond donors (Lipinski definition) is 2. The molecule has 1 heterocycles. The van der Waals surface area contributed by atoms with Crippen LogP contribution in [0.15, 0.2) is 30.3 Å². The van der Waals surface area contributed by atoms with Gasteiger partial charge in [-0.3, -0.25) is 5.32 Å². The van der Waals surface area contributed by atoms with Crippen molar-refractivity contribution in [1.82, 2.24) is 4.98 Å². The van der Waals surface area contributed by atoms with E-state index in [4.69, 9.17) is 0 Å². The number of urea groups is 1. The van der Waals surface area contributed by atoms with E-state index >= 15 is 0 Å². The van der Waals surface area contributed by atoms with Crippen LogP contribution < -0.4 is 10.6 Å². The Labute approximate surface area is 135 Å². The van der Waals surface area contributed by atoms with Crippen LogP contribution in [0.1, 0.15) is 11.1 Å². The fourth-order valence-electron chi connectivity index (χ4n) is 2.27. The maximum absolute atomic E-state index is 13.5. The Morgan fingerprint density at radius 2 is 1.91 bits per heavy atom. The zero-order valence-corrected chi connectivity index (χ0v) is 13.2. The van der Waals surface area contributed by atoms with Gasteiger partial charge in [0.05, 0.1) is 15.9 Å². The highest BCUT2D eigenvalue weighted by molar-refractivity contribution is 7.22. The smallest absolute Gasteiger partial charge is 0.305 e. The summed E-state index contributed by atoms with van der Waals surface area (Å²) in [6.45, 7) is 3.94. The summed E-state index contributed by atoms with van der Waals surface area (Å²) in [5, 5.41) is 5.31. The lowest BCUT2D eigenvalue weighted by Gasteiger charge is -2.06. The van der Waals surface area contributed by atoms with Crippen LogP contribution >= 0.6 is 11.3 Å². The van der Waals surface area contributed by atoms with Crippen LogP contribution in [0.3, 0.4) is 0 Å². The van der Waals surface area contributed by atoms with Gasteiger partial charge in [0.1, 0.15) is 11.6 Å². The maximum Gasteiger partial charge on any atom is 0.325 e. The summed E-state index contributed by atoms with van der Waals surface area (Å²) in [5.74, 6) is -1.54. The van der Waals surface area contributed by atoms with E-state index in [0.29, 0.717) is 11.2 Å². The van der Waals surface area contributed by atoms with Crippen molar-refractivity contribution in [2.45, 2.75) is 13.8 Å². The maximum atomic E-state index is 13.5. The molecule has 0 saturated heterocycles. The molecule has 3 aromatic rings. The number of carbonyl (C=O) groups is 1. The summed E-state index contributed by atoms with van der Waals surface area (Å²) >= 11 is 1.33. The molecule has 2 amide bonds. The van der Waals surface area contributed by atoms with Crippen molar-refractivity contribution >= 4 is 38.4 Å². The van der Waals surface area contributed by atoms with E-state index in [1.165, 1.54) is 11.3 Å². The summed E-state index contributed by atoms with van der Waals surface area (Å²) < 4.78 is 27.3. The Hall–Kier alpha value is -2.54. The van der Waals surface area contributed by atoms with Gasteiger partial charge in [-0.15, -0.1) is 0 Å². The molecule has 0 saturated carbocycles. The van der Waals surface area contributed by atoms with Gasteiger partial charge in [0.2, 0.25) is 0 Å². The number of nitrogens with one attached hydrogen (secondary N) is 2. The summed E-state index contributed by atoms with van der Waals surface area (Å²) in [7, 11) is 0. The van der Waals surface area contributed by atoms with Gasteiger partial charge in [0.15, 0.2) is 5.13 Å². The molecule has 2 N–H and O–H groups in total. The van der Waals surface area contributed by atoms with Crippen LogP contribution in [0, 0.1) is 25.5 Å². The third-order valence-electron chi connectivity index (χ3n) is 3.23. The van der Waals surface area contributed by atoms with Crippen molar-refractivity contribution in [3.8, 4) is 0 Å². The Balaban J connectivity index is 1.79. The lowest BCUT2D eigenvalue weighted by molar-refractivity contribution is 0.262. The second-order valence-electron chi connectivity index (χ2n) is 5.15. The van der Waals surface area contributed by atoms with Crippen LogP contribution in [-0.4, -0.2) is 11.0 Å². The third-order valence-corrected chi connectivity index (χ3v) is 4.15. The molecule has 0 aliphatic rings. The van der Waals surface area contributed by atoms with Crippen molar-refractivity contribution in [3.05, 3.63) is 53.1 Å². The van der Waals surface area contributed by atoms with E-state index in [-0.39, 0.29) is 5.69 Å². The molecule has 0 spiro atoms. The van der Waals surface area contributed by atoms with E-state index < -0.39 is 17.7 Å². The Bertz CT molecular complexity index is 908. The first-order valence-corrected chi connectivity index (χ1v) is 7.65. The number of benzene rings is 2. The van der Waals surface area contributed by atoms with Crippen molar-refractivity contribution in [2.75, 3.05) is 10.6 Å². The molecule has 0 aliphatic carbocycles. The second kappa shape index (κ2) is 5.92. The third kappa shape index (κ3) is 3.29. The molecule has 23 heavy (non-hydrogen) atoms. The van der Waals surface area contributed by atoms with Crippen molar-refractivity contribution in [1.29, 1.82) is 0 Å². The molecule has 0 radical (unpaired) electrons. The summed E-state index contributed by atoms with van der Waals surface area (Å²) in [6, 6.07) is 6.31. The molecular formula is C16H13F2N3OS. The summed E-state index contributed by atoms with van der Waals surface area (Å²) in [6.07, 6.45) is 0. The first kappa shape index (κ1) is 15.4. The minimum absolute atomic E-state index is 0.1000. The van der Waals surface area contributed by atoms with E-state index in [1.54, 1.807) is 0 Å². The standard InChI is InChI=1S/C16H13F2N3OS/c1-8-5-9(2)14-13(6-8)23-16(20-14)21-15(22)19-12-4-3-10(17)7-11(12)18/h3-7H,1-2H3,(H2,19,20,21,22). The molecule has 0 bridgehead atoms. The summed E-state index contributed by atoms with van der Waals surface area (Å²) in [4.78, 5) is 16.3. The number of hydrogen-bond acceptors (Lipinski definition) is 3. The van der Waals surface area contributed by atoms with Crippen LogP contribution in [0.5, 0.6) is 0 Å². The van der Waals surface area contributed by atoms with Crippen LogP contribution in [-0.2, 0) is 0 Å². The highest BCUT2D eigenvalue weighted by Crippen LogP contribution is 2.29. The highest BCUT2D eigenvalue weighted by Gasteiger charge is 2.12. The normalized spacial score (nSPS) is 10.8. The highest BCUT2D eigenvalue weighted by atomic mass is 32.1. The lowest BCUT2D eigenvalue weighted by atomic mass is 10.1. The number of aromatic nitrogens is 1. The monoisotopic (exact) mass is 333 g/mol. The molecule has 118 valence electrons. The van der Waals surface area contributed by atoms with Crippen molar-refractivity contribution < 1.29 is 13.6 Å². The number of carbonyl (C=O) groups excluding carboxylic acids is 1. The van der Waals surface area contributed by atoms with Crippen molar-refractivity contribution in [2.24, 2.45) is 0 Å². The molecule has 2 aromatic carbocycles. The predicted molar refractivity (Wildman–Crippen MR) is 88.1 cm³/mol. The molecule has 0 atom stereocenters. The van der Waals surface area contributed by atoms with E-state index in [9.17, 15) is 13.6 Å². The molecule has 4 nitrogen and oxygen atoms in total. The number of aryl methyl sites for hydroxylation is 2. The van der Waals surface area contributed by atoms with Gasteiger partial charge < -0.3 is 5.32 Å². The molecule has 0 aliphatic heterocycles. The number of amides is 2. The minimum atomic E-state index is -0.837. The fourth-order valence-corrected chi connectivity index (χ4v) is 3.30. The van der Waals surface area contributed by atoms with Gasteiger partial charge in [0.25, 0.3) is 0 Å². The SMILES string of the molecule is Cc1cc(C)c2nc(NC(=O)Nc3ccc(F)cc3F)sc2c1. The zero-order valence-electron chi connectivity index (χ0n) is 12.4. The zero-order chi connectivity index (χ0) is 16.6. The van der Waals surface area contributed by atoms with Gasteiger partial charge >= 0.3 is 6.03 Å². The Morgan fingerprint density at radius 3 is 2.65 bits per heavy atom. The first-order chi connectivity index (χ1) is 10.9. The molecule has 0 unspecified atom stereocenters. The largest absolute Gasteiger partial charge is 0.325 e. The molecule has 1 aromatic heterocycles. The van der Waals surface area contributed by atoms with Crippen molar-refractivity contribution in [3.63, 3.8) is 0 Å². The van der Waals surface area contributed by atoms with Gasteiger partial charge in [-0.1, -0.05) is 17.4 Å². The Morgan fingerprint density at radius 1 is 1.13 bits per heavy atom. The average molecular weight is 333 g/mol. The average Bonchev–Trinajstić information content (AvgIpc) is 2.84. The first-order valence-electron chi connectivity index (χ1n) is 6.83. The second-order valence-corrected chi connectivity index (χ2v) is 6.18. The topological polar surface area (TPSA) is 54.0 Å². The van der Waals surface area contributed by atoms with Gasteiger partial charge in [0, 0.05) is 6.07 Å². The number of rotatable bonds is 2. The number of fused-ring (bicyclic) bond motifs is 1. The Kier molecular flexibility index (Phi) is 3.96. The van der Waals surface area contributed by atoms with Gasteiger partial charge in [-0.05, 0) is 43.2 Å². The predicted octanol–water partition coefficient (Wildman–Crippen LogP) is 4.84. The number of halogens is 2. The fraction of sp³-hybridized carbons (Fsp3) is 0.125. The van der Waals surface area contributed by atoms with Crippen LogP contribution in [0.25, 0.3) is 10.2 Å². The number of anilines is 2. The quantitative estimate of drug-likeness (QED) is 0.705. The molecule has 0 fully saturated rings. The van der Waals surface area contributed by atoms with Gasteiger partial charge in [-0.25, -0.2) is 18.6 Å². The van der Waals surface area contributed by atoms with E-state index in [0.717, 1.165) is 33.5 Å².